The van der Waals surface area contributed by atoms with Gasteiger partial charge >= 0.3 is 0 Å². The SMILES string of the molecule is Cc1cc(C)c(OCC(=O)NN=Cc2ccc(O)cc2)c(Br)c1. The van der Waals surface area contributed by atoms with Crippen molar-refractivity contribution in [3.05, 3.63) is 57.6 Å². The van der Waals surface area contributed by atoms with Crippen LogP contribution in [-0.4, -0.2) is 23.8 Å². The Kier molecular flexibility index (Phi) is 5.76. The normalized spacial score (nSPS) is 10.7. The molecule has 0 atom stereocenters. The average molecular weight is 377 g/mol. The molecule has 0 bridgehead atoms. The van der Waals surface area contributed by atoms with Crippen molar-refractivity contribution in [2.45, 2.75) is 13.8 Å². The van der Waals surface area contributed by atoms with Gasteiger partial charge in [-0.25, -0.2) is 5.43 Å². The molecule has 23 heavy (non-hydrogen) atoms. The summed E-state index contributed by atoms with van der Waals surface area (Å²) >= 11 is 3.43. The molecule has 0 saturated carbocycles. The second-order valence-corrected chi connectivity index (χ2v) is 5.92. The number of hydrazone groups is 1. The molecule has 0 radical (unpaired) electrons. The lowest BCUT2D eigenvalue weighted by atomic mass is 10.1. The number of aromatic hydroxyl groups is 1. The predicted octanol–water partition coefficient (Wildman–Crippen LogP) is 3.30. The summed E-state index contributed by atoms with van der Waals surface area (Å²) in [6.45, 7) is 3.79. The number of carbonyl (C=O) groups excluding carboxylic acids is 1. The molecule has 5 nitrogen and oxygen atoms in total. The van der Waals surface area contributed by atoms with E-state index in [0.717, 1.165) is 21.2 Å². The Balaban J connectivity index is 1.87. The van der Waals surface area contributed by atoms with Crippen LogP contribution in [0.15, 0.2) is 46.0 Å². The second-order valence-electron chi connectivity index (χ2n) is 5.07. The maximum Gasteiger partial charge on any atom is 0.277 e. The van der Waals surface area contributed by atoms with Crippen molar-refractivity contribution in [3.8, 4) is 11.5 Å². The van der Waals surface area contributed by atoms with Crippen molar-refractivity contribution in [2.24, 2.45) is 5.10 Å². The van der Waals surface area contributed by atoms with Crippen molar-refractivity contribution in [1.82, 2.24) is 5.43 Å². The van der Waals surface area contributed by atoms with Crippen LogP contribution in [0.1, 0.15) is 16.7 Å². The number of benzene rings is 2. The molecule has 1 amide bonds. The fourth-order valence-corrected chi connectivity index (χ4v) is 2.78. The first-order valence-electron chi connectivity index (χ1n) is 6.96. The van der Waals surface area contributed by atoms with Crippen LogP contribution >= 0.6 is 15.9 Å². The van der Waals surface area contributed by atoms with Crippen LogP contribution in [0.4, 0.5) is 0 Å². The summed E-state index contributed by atoms with van der Waals surface area (Å²) in [5.74, 6) is 0.471. The highest BCUT2D eigenvalue weighted by Gasteiger charge is 2.08. The van der Waals surface area contributed by atoms with Crippen molar-refractivity contribution < 1.29 is 14.6 Å². The van der Waals surface area contributed by atoms with Gasteiger partial charge in [0.2, 0.25) is 0 Å². The average Bonchev–Trinajstić information content (AvgIpc) is 2.48. The number of nitrogens with one attached hydrogen (secondary N) is 1. The van der Waals surface area contributed by atoms with E-state index in [9.17, 15) is 9.90 Å². The van der Waals surface area contributed by atoms with Gasteiger partial charge in [-0.3, -0.25) is 4.79 Å². The van der Waals surface area contributed by atoms with Crippen molar-refractivity contribution >= 4 is 28.1 Å². The molecule has 2 aromatic carbocycles. The lowest BCUT2D eigenvalue weighted by molar-refractivity contribution is -0.123. The number of phenolic OH excluding ortho intramolecular Hbond substituents is 1. The Morgan fingerprint density at radius 3 is 2.65 bits per heavy atom. The number of rotatable bonds is 5. The van der Waals surface area contributed by atoms with Gasteiger partial charge in [0.15, 0.2) is 6.61 Å². The van der Waals surface area contributed by atoms with Crippen molar-refractivity contribution in [1.29, 1.82) is 0 Å². The number of nitrogens with zero attached hydrogens (tertiary/aromatic N) is 1. The van der Waals surface area contributed by atoms with Gasteiger partial charge in [0.25, 0.3) is 5.91 Å². The molecule has 0 fully saturated rings. The summed E-state index contributed by atoms with van der Waals surface area (Å²) in [5.41, 5.74) is 5.23. The monoisotopic (exact) mass is 376 g/mol. The van der Waals surface area contributed by atoms with E-state index >= 15 is 0 Å². The molecule has 0 aliphatic rings. The molecule has 0 aromatic heterocycles. The lowest BCUT2D eigenvalue weighted by Gasteiger charge is -2.11. The van der Waals surface area contributed by atoms with E-state index in [0.29, 0.717) is 5.75 Å². The number of hydrogen-bond donors (Lipinski definition) is 2. The van der Waals surface area contributed by atoms with Crippen LogP contribution in [0, 0.1) is 13.8 Å². The molecule has 0 aliphatic heterocycles. The highest BCUT2D eigenvalue weighted by Crippen LogP contribution is 2.30. The highest BCUT2D eigenvalue weighted by atomic mass is 79.9. The minimum Gasteiger partial charge on any atom is -0.508 e. The molecule has 0 saturated heterocycles. The zero-order valence-electron chi connectivity index (χ0n) is 12.8. The zero-order chi connectivity index (χ0) is 16.8. The molecule has 0 unspecified atom stereocenters. The van der Waals surface area contributed by atoms with E-state index in [2.05, 4.69) is 26.5 Å². The third-order valence-corrected chi connectivity index (χ3v) is 3.61. The zero-order valence-corrected chi connectivity index (χ0v) is 14.4. The highest BCUT2D eigenvalue weighted by molar-refractivity contribution is 9.10. The maximum atomic E-state index is 11.7. The first kappa shape index (κ1) is 17.0. The van der Waals surface area contributed by atoms with E-state index < -0.39 is 0 Å². The van der Waals surface area contributed by atoms with E-state index in [1.165, 1.54) is 6.21 Å². The fourth-order valence-electron chi connectivity index (χ4n) is 1.99. The quantitative estimate of drug-likeness (QED) is 0.621. The Morgan fingerprint density at radius 2 is 2.00 bits per heavy atom. The molecule has 0 aliphatic carbocycles. The molecular weight excluding hydrogens is 360 g/mol. The number of aryl methyl sites for hydroxylation is 2. The van der Waals surface area contributed by atoms with Crippen molar-refractivity contribution in [3.63, 3.8) is 0 Å². The number of hydrogen-bond acceptors (Lipinski definition) is 4. The van der Waals surface area contributed by atoms with E-state index in [-0.39, 0.29) is 18.3 Å². The third-order valence-electron chi connectivity index (χ3n) is 3.02. The number of halogens is 1. The van der Waals surface area contributed by atoms with Gasteiger partial charge in [-0.15, -0.1) is 0 Å². The molecule has 2 aromatic rings. The molecule has 0 heterocycles. The fraction of sp³-hybridized carbons (Fsp3) is 0.176. The topological polar surface area (TPSA) is 70.9 Å². The van der Waals surface area contributed by atoms with Crippen LogP contribution in [0.25, 0.3) is 0 Å². The predicted molar refractivity (Wildman–Crippen MR) is 93.0 cm³/mol. The second kappa shape index (κ2) is 7.78. The minimum absolute atomic E-state index is 0.130. The summed E-state index contributed by atoms with van der Waals surface area (Å²) < 4.78 is 6.35. The van der Waals surface area contributed by atoms with Gasteiger partial charge in [0.1, 0.15) is 11.5 Å². The molecular formula is C17H17BrN2O3. The summed E-state index contributed by atoms with van der Waals surface area (Å²) in [4.78, 5) is 11.7. The Hall–Kier alpha value is -2.34. The van der Waals surface area contributed by atoms with E-state index in [4.69, 9.17) is 4.74 Å². The molecule has 2 rings (SSSR count). The number of amides is 1. The van der Waals surface area contributed by atoms with Crippen LogP contribution in [0.3, 0.4) is 0 Å². The van der Waals surface area contributed by atoms with Crippen LogP contribution in [0.2, 0.25) is 0 Å². The van der Waals surface area contributed by atoms with Crippen LogP contribution in [-0.2, 0) is 4.79 Å². The van der Waals surface area contributed by atoms with Gasteiger partial charge in [0, 0.05) is 0 Å². The largest absolute Gasteiger partial charge is 0.508 e. The third kappa shape index (κ3) is 5.10. The Labute approximate surface area is 143 Å². The molecule has 2 N–H and O–H groups in total. The summed E-state index contributed by atoms with van der Waals surface area (Å²) in [7, 11) is 0. The van der Waals surface area contributed by atoms with E-state index in [1.807, 2.05) is 26.0 Å². The van der Waals surface area contributed by atoms with Gasteiger partial charge in [-0.05, 0) is 76.8 Å². The standard InChI is InChI=1S/C17H17BrN2O3/c1-11-7-12(2)17(15(18)8-11)23-10-16(22)20-19-9-13-3-5-14(21)6-4-13/h3-9,21H,10H2,1-2H3,(H,20,22). The summed E-state index contributed by atoms with van der Waals surface area (Å²) in [6.07, 6.45) is 1.49. The smallest absolute Gasteiger partial charge is 0.277 e. The first-order chi connectivity index (χ1) is 11.0. The summed E-state index contributed by atoms with van der Waals surface area (Å²) in [5, 5.41) is 13.0. The lowest BCUT2D eigenvalue weighted by Crippen LogP contribution is -2.24. The number of phenols is 1. The minimum atomic E-state index is -0.355. The van der Waals surface area contributed by atoms with Gasteiger partial charge in [-0.1, -0.05) is 6.07 Å². The van der Waals surface area contributed by atoms with Gasteiger partial charge in [0.05, 0.1) is 10.7 Å². The van der Waals surface area contributed by atoms with Crippen molar-refractivity contribution in [2.75, 3.05) is 6.61 Å². The van der Waals surface area contributed by atoms with E-state index in [1.54, 1.807) is 24.3 Å². The summed E-state index contributed by atoms with van der Waals surface area (Å²) in [6, 6.07) is 10.4. The Bertz CT molecular complexity index is 704. The van der Waals surface area contributed by atoms with Gasteiger partial charge in [-0.2, -0.15) is 5.10 Å². The molecule has 120 valence electrons. The molecule has 6 heteroatoms. The van der Waals surface area contributed by atoms with Crippen LogP contribution in [0.5, 0.6) is 11.5 Å². The van der Waals surface area contributed by atoms with Gasteiger partial charge < -0.3 is 9.84 Å². The van der Waals surface area contributed by atoms with Crippen LogP contribution < -0.4 is 10.2 Å². The Morgan fingerprint density at radius 1 is 1.30 bits per heavy atom. The molecule has 0 spiro atoms. The maximum absolute atomic E-state index is 11.7. The number of carbonyl (C=O) groups is 1. The first-order valence-corrected chi connectivity index (χ1v) is 7.75. The number of ether oxygens (including phenoxy) is 1.